The van der Waals surface area contributed by atoms with Gasteiger partial charge in [-0.1, -0.05) is 29.8 Å². The molecule has 0 saturated heterocycles. The number of H-pyrrole nitrogens is 1. The number of amides is 1. The minimum absolute atomic E-state index is 0.00905. The topological polar surface area (TPSA) is 106 Å². The van der Waals surface area contributed by atoms with E-state index in [0.717, 1.165) is 34.9 Å². The first kappa shape index (κ1) is 25.0. The Morgan fingerprint density at radius 1 is 1.19 bits per heavy atom. The number of aromatic amines is 1. The summed E-state index contributed by atoms with van der Waals surface area (Å²) in [7, 11) is 0. The number of nitrogens with zero attached hydrogens (tertiary/aromatic N) is 2. The molecule has 1 amide bonds. The lowest BCUT2D eigenvalue weighted by Gasteiger charge is -2.18. The first-order chi connectivity index (χ1) is 16.9. The number of rotatable bonds is 5. The molecule has 0 aliphatic carbocycles. The summed E-state index contributed by atoms with van der Waals surface area (Å²) in [6.45, 7) is 4.46. The molecule has 0 spiro atoms. The first-order valence-electron chi connectivity index (χ1n) is 11.0. The lowest BCUT2D eigenvalue weighted by atomic mass is 10.0. The molecule has 188 valence electrons. The van der Waals surface area contributed by atoms with Crippen LogP contribution in [0.2, 0.25) is 0 Å². The lowest BCUT2D eigenvalue weighted by Crippen LogP contribution is -2.25. The number of aromatic nitrogens is 3. The number of carbonyl (C=O) groups is 1. The highest BCUT2D eigenvalue weighted by atomic mass is 19.4. The van der Waals surface area contributed by atoms with Crippen molar-refractivity contribution >= 4 is 22.6 Å². The third kappa shape index (κ3) is 4.56. The summed E-state index contributed by atoms with van der Waals surface area (Å²) in [5.74, 6) is -1.24. The van der Waals surface area contributed by atoms with Gasteiger partial charge in [0, 0.05) is 29.4 Å². The number of nitrogen functional groups attached to an aromatic ring is 1. The highest BCUT2D eigenvalue weighted by Gasteiger charge is 2.39. The van der Waals surface area contributed by atoms with Crippen molar-refractivity contribution in [2.75, 3.05) is 5.73 Å². The van der Waals surface area contributed by atoms with Gasteiger partial charge in [0.25, 0.3) is 11.5 Å². The number of benzene rings is 2. The summed E-state index contributed by atoms with van der Waals surface area (Å²) < 4.78 is 56.2. The van der Waals surface area contributed by atoms with Gasteiger partial charge < -0.3 is 15.6 Å². The fourth-order valence-corrected chi connectivity index (χ4v) is 4.03. The average Bonchev–Trinajstić information content (AvgIpc) is 3.22. The number of nitrogens with two attached hydrogens (primary N) is 1. The van der Waals surface area contributed by atoms with Crippen molar-refractivity contribution in [3.05, 3.63) is 81.0 Å². The smallest absolute Gasteiger partial charge is 0.382 e. The van der Waals surface area contributed by atoms with E-state index in [2.05, 4.69) is 15.5 Å². The number of nitrogens with one attached hydrogen (secondary N) is 2. The fourth-order valence-electron chi connectivity index (χ4n) is 4.03. The van der Waals surface area contributed by atoms with E-state index in [1.54, 1.807) is 13.0 Å². The minimum Gasteiger partial charge on any atom is -0.382 e. The number of fused-ring (bicyclic) bond motifs is 1. The van der Waals surface area contributed by atoms with Gasteiger partial charge in [0.2, 0.25) is 0 Å². The van der Waals surface area contributed by atoms with Crippen molar-refractivity contribution in [1.29, 1.82) is 0 Å². The zero-order valence-electron chi connectivity index (χ0n) is 19.6. The molecule has 0 bridgehead atoms. The van der Waals surface area contributed by atoms with E-state index in [1.807, 2.05) is 19.1 Å². The zero-order valence-corrected chi connectivity index (χ0v) is 19.6. The van der Waals surface area contributed by atoms with Gasteiger partial charge in [0.05, 0.1) is 5.39 Å². The Kier molecular flexibility index (Phi) is 6.33. The molecule has 0 aliphatic heterocycles. The maximum atomic E-state index is 15.0. The van der Waals surface area contributed by atoms with Crippen LogP contribution in [-0.2, 0) is 6.54 Å². The molecule has 11 heteroatoms. The van der Waals surface area contributed by atoms with Crippen LogP contribution >= 0.6 is 0 Å². The Morgan fingerprint density at radius 2 is 1.92 bits per heavy atom. The van der Waals surface area contributed by atoms with Crippen LogP contribution in [0, 0.1) is 19.7 Å². The van der Waals surface area contributed by atoms with Crippen LogP contribution in [0.1, 0.15) is 40.0 Å². The van der Waals surface area contributed by atoms with Crippen molar-refractivity contribution in [2.45, 2.75) is 39.5 Å². The molecule has 0 aliphatic rings. The second-order valence-electron chi connectivity index (χ2n) is 8.64. The van der Waals surface area contributed by atoms with Crippen LogP contribution < -0.4 is 16.6 Å². The van der Waals surface area contributed by atoms with Gasteiger partial charge in [-0.3, -0.25) is 9.59 Å². The number of alkyl halides is 3. The van der Waals surface area contributed by atoms with Crippen molar-refractivity contribution in [3.63, 3.8) is 0 Å². The molecule has 2 heterocycles. The summed E-state index contributed by atoms with van der Waals surface area (Å²) in [4.78, 5) is 25.0. The van der Waals surface area contributed by atoms with Crippen LogP contribution in [0.25, 0.3) is 22.0 Å². The Labute approximate surface area is 202 Å². The Bertz CT molecular complexity index is 1540. The summed E-state index contributed by atoms with van der Waals surface area (Å²) >= 11 is 0. The number of hydrogen-bond donors (Lipinski definition) is 3. The van der Waals surface area contributed by atoms with Gasteiger partial charge in [0.15, 0.2) is 5.82 Å². The standard InChI is InChI=1S/C25H23F4N5O2/c1-12-4-5-13(2)17(8-12)23(35)31-10-16-7-6-15(9-19(16)26)18-11-34(14(3)25(27,28)29)21-20(18)22(30)32-33-24(21)36/h4-9,11,14H,10H2,1-3H3,(H2,30,32)(H,31,35)(H,33,36). The van der Waals surface area contributed by atoms with Gasteiger partial charge in [-0.2, -0.15) is 18.3 Å². The van der Waals surface area contributed by atoms with Crippen LogP contribution in [0.4, 0.5) is 23.4 Å². The van der Waals surface area contributed by atoms with Crippen molar-refractivity contribution in [2.24, 2.45) is 0 Å². The fraction of sp³-hybridized carbons (Fsp3) is 0.240. The van der Waals surface area contributed by atoms with Crippen molar-refractivity contribution < 1.29 is 22.4 Å². The molecule has 4 aromatic rings. The van der Waals surface area contributed by atoms with E-state index < -0.39 is 23.6 Å². The van der Waals surface area contributed by atoms with E-state index in [0.29, 0.717) is 5.56 Å². The van der Waals surface area contributed by atoms with E-state index in [-0.39, 0.29) is 45.9 Å². The highest BCUT2D eigenvalue weighted by molar-refractivity contribution is 6.02. The Balaban J connectivity index is 1.69. The Morgan fingerprint density at radius 3 is 2.58 bits per heavy atom. The maximum Gasteiger partial charge on any atom is 0.408 e. The summed E-state index contributed by atoms with van der Waals surface area (Å²) in [5, 5.41) is 8.43. The first-order valence-corrected chi connectivity index (χ1v) is 11.0. The van der Waals surface area contributed by atoms with Gasteiger partial charge in [-0.15, -0.1) is 0 Å². The SMILES string of the molecule is Cc1ccc(C)c(C(=O)NCc2ccc(-c3cn(C(C)C(F)(F)F)c4c(=O)[nH]nc(N)c34)cc2F)c1. The predicted molar refractivity (Wildman–Crippen MR) is 128 cm³/mol. The number of anilines is 1. The van der Waals surface area contributed by atoms with Crippen molar-refractivity contribution in [1.82, 2.24) is 20.1 Å². The molecule has 36 heavy (non-hydrogen) atoms. The van der Waals surface area contributed by atoms with E-state index in [9.17, 15) is 22.8 Å². The molecule has 7 nitrogen and oxygen atoms in total. The van der Waals surface area contributed by atoms with E-state index >= 15 is 4.39 Å². The average molecular weight is 501 g/mol. The molecule has 0 saturated carbocycles. The third-order valence-corrected chi connectivity index (χ3v) is 6.11. The number of aryl methyl sites for hydroxylation is 2. The number of carbonyl (C=O) groups excluding carboxylic acids is 1. The summed E-state index contributed by atoms with van der Waals surface area (Å²) in [6.07, 6.45) is -3.52. The summed E-state index contributed by atoms with van der Waals surface area (Å²) in [6, 6.07) is 7.43. The normalized spacial score (nSPS) is 12.6. The molecule has 4 rings (SSSR count). The minimum atomic E-state index is -4.64. The molecule has 0 radical (unpaired) electrons. The number of halogens is 4. The lowest BCUT2D eigenvalue weighted by molar-refractivity contribution is -0.162. The van der Waals surface area contributed by atoms with Gasteiger partial charge in [0.1, 0.15) is 17.4 Å². The third-order valence-electron chi connectivity index (χ3n) is 6.11. The van der Waals surface area contributed by atoms with Crippen LogP contribution in [0.3, 0.4) is 0 Å². The molecule has 4 N–H and O–H groups in total. The predicted octanol–water partition coefficient (Wildman–Crippen LogP) is 4.78. The van der Waals surface area contributed by atoms with Gasteiger partial charge in [-0.25, -0.2) is 9.49 Å². The van der Waals surface area contributed by atoms with Crippen LogP contribution in [-0.4, -0.2) is 26.8 Å². The quantitative estimate of drug-likeness (QED) is 0.342. The second kappa shape index (κ2) is 9.14. The van der Waals surface area contributed by atoms with Crippen molar-refractivity contribution in [3.8, 4) is 11.1 Å². The molecule has 2 aromatic carbocycles. The van der Waals surface area contributed by atoms with Crippen LogP contribution in [0.15, 0.2) is 47.4 Å². The summed E-state index contributed by atoms with van der Waals surface area (Å²) in [5.41, 5.74) is 7.40. The van der Waals surface area contributed by atoms with Gasteiger partial charge >= 0.3 is 6.18 Å². The number of hydrogen-bond acceptors (Lipinski definition) is 4. The molecule has 1 unspecified atom stereocenters. The van der Waals surface area contributed by atoms with E-state index in [4.69, 9.17) is 5.73 Å². The van der Waals surface area contributed by atoms with Crippen LogP contribution in [0.5, 0.6) is 0 Å². The highest BCUT2D eigenvalue weighted by Crippen LogP contribution is 2.38. The zero-order chi connectivity index (χ0) is 26.4. The van der Waals surface area contributed by atoms with Gasteiger partial charge in [-0.05, 0) is 44.0 Å². The largest absolute Gasteiger partial charge is 0.408 e. The molecular weight excluding hydrogens is 478 g/mol. The van der Waals surface area contributed by atoms with E-state index in [1.165, 1.54) is 12.1 Å². The monoisotopic (exact) mass is 501 g/mol. The maximum absolute atomic E-state index is 15.0. The molecule has 1 atom stereocenters. The Hall–Kier alpha value is -4.15. The molecular formula is C25H23F4N5O2. The molecule has 2 aromatic heterocycles. The molecule has 0 fully saturated rings. The second-order valence-corrected chi connectivity index (χ2v) is 8.64.